The predicted octanol–water partition coefficient (Wildman–Crippen LogP) is 8.01. The first kappa shape index (κ1) is 26.6. The van der Waals surface area contributed by atoms with E-state index in [1.165, 1.54) is 64.2 Å². The number of rotatable bonds is 18. The lowest BCUT2D eigenvalue weighted by atomic mass is 9.99. The maximum atomic E-state index is 12.0. The van der Waals surface area contributed by atoms with Crippen molar-refractivity contribution in [3.8, 4) is 0 Å². The van der Waals surface area contributed by atoms with Gasteiger partial charge in [0.25, 0.3) is 0 Å². The van der Waals surface area contributed by atoms with Crippen LogP contribution in [0.5, 0.6) is 0 Å². The van der Waals surface area contributed by atoms with Gasteiger partial charge >= 0.3 is 7.68 Å². The highest BCUT2D eigenvalue weighted by atomic mass is 31.1. The molecule has 27 heavy (non-hydrogen) atoms. The number of hydrogen-bond acceptors (Lipinski definition) is 2. The summed E-state index contributed by atoms with van der Waals surface area (Å²) in [6.07, 6.45) is 22.3. The average molecular weight is 401 g/mol. The predicted molar refractivity (Wildman–Crippen MR) is 119 cm³/mol. The van der Waals surface area contributed by atoms with E-state index < -0.39 is 13.0 Å². The molecule has 160 valence electrons. The summed E-state index contributed by atoms with van der Waals surface area (Å²) in [6.45, 7) is 4.35. The molecule has 3 nitrogen and oxygen atoms in total. The third-order valence-electron chi connectivity index (χ3n) is 5.83. The normalized spacial score (nSPS) is 14.6. The molecule has 4 heteroatoms. The van der Waals surface area contributed by atoms with Crippen LogP contribution in [0, 0.1) is 0 Å². The van der Waals surface area contributed by atoms with Crippen molar-refractivity contribution in [2.24, 2.45) is 0 Å². The highest BCUT2D eigenvalue weighted by Crippen LogP contribution is 2.44. The number of quaternary nitrogens is 1. The standard InChI is InChI=1S/C23H47NO2P/c1-6-8-9-10-11-12-13-14-15-16-17-18-19-20-22-23(21-7-2,27(25)26)24(3,4)5/h14-15H,6-13,16-22H2,1-5H3/q+1. The van der Waals surface area contributed by atoms with Gasteiger partial charge in [-0.3, -0.25) is 0 Å². The van der Waals surface area contributed by atoms with Gasteiger partial charge in [0.2, 0.25) is 5.28 Å². The first-order valence-corrected chi connectivity index (χ1v) is 12.6. The summed E-state index contributed by atoms with van der Waals surface area (Å²) in [5.41, 5.74) is 0. The van der Waals surface area contributed by atoms with Crippen molar-refractivity contribution in [1.29, 1.82) is 0 Å². The fourth-order valence-electron chi connectivity index (χ4n) is 3.93. The van der Waals surface area contributed by atoms with Crippen molar-refractivity contribution < 1.29 is 13.6 Å². The molecule has 0 saturated heterocycles. The number of allylic oxidation sites excluding steroid dienone is 2. The Hall–Kier alpha value is -0.400. The highest BCUT2D eigenvalue weighted by molar-refractivity contribution is 7.32. The van der Waals surface area contributed by atoms with E-state index in [-0.39, 0.29) is 0 Å². The summed E-state index contributed by atoms with van der Waals surface area (Å²) in [6, 6.07) is 0. The third kappa shape index (κ3) is 11.3. The second-order valence-corrected chi connectivity index (χ2v) is 10.3. The second kappa shape index (κ2) is 15.5. The minimum atomic E-state index is -2.42. The minimum Gasteiger partial charge on any atom is -0.314 e. The number of unbranched alkanes of at least 4 members (excludes halogenated alkanes) is 10. The summed E-state index contributed by atoms with van der Waals surface area (Å²) >= 11 is 0. The van der Waals surface area contributed by atoms with Gasteiger partial charge in [-0.25, -0.2) is 9.13 Å². The van der Waals surface area contributed by atoms with Crippen LogP contribution in [-0.4, -0.2) is 30.9 Å². The molecule has 0 aromatic rings. The number of hydrogen-bond donors (Lipinski definition) is 0. The molecule has 0 fully saturated rings. The third-order valence-corrected chi connectivity index (χ3v) is 7.55. The van der Waals surface area contributed by atoms with Crippen molar-refractivity contribution in [2.75, 3.05) is 21.1 Å². The van der Waals surface area contributed by atoms with Gasteiger partial charge < -0.3 is 4.48 Å². The lowest BCUT2D eigenvalue weighted by Crippen LogP contribution is -2.53. The van der Waals surface area contributed by atoms with Gasteiger partial charge in [-0.05, 0) is 38.5 Å². The van der Waals surface area contributed by atoms with Gasteiger partial charge in [0.05, 0.1) is 21.1 Å². The second-order valence-electron chi connectivity index (χ2n) is 8.98. The quantitative estimate of drug-likeness (QED) is 0.101. The zero-order valence-electron chi connectivity index (χ0n) is 19.0. The van der Waals surface area contributed by atoms with Crippen LogP contribution in [0.15, 0.2) is 12.2 Å². The molecule has 0 radical (unpaired) electrons. The van der Waals surface area contributed by atoms with Gasteiger partial charge in [0.1, 0.15) is 0 Å². The van der Waals surface area contributed by atoms with Gasteiger partial charge in [-0.15, -0.1) is 0 Å². The molecule has 0 aromatic carbocycles. The lowest BCUT2D eigenvalue weighted by molar-refractivity contribution is -0.908. The van der Waals surface area contributed by atoms with Gasteiger partial charge in [0.15, 0.2) is 0 Å². The van der Waals surface area contributed by atoms with E-state index in [9.17, 15) is 9.13 Å². The summed E-state index contributed by atoms with van der Waals surface area (Å²) in [5.74, 6) is 0. The molecule has 0 aromatic heterocycles. The van der Waals surface area contributed by atoms with E-state index in [4.69, 9.17) is 0 Å². The smallest absolute Gasteiger partial charge is 0.314 e. The van der Waals surface area contributed by atoms with Crippen LogP contribution in [0.25, 0.3) is 0 Å². The van der Waals surface area contributed by atoms with Crippen LogP contribution >= 0.6 is 7.68 Å². The summed E-state index contributed by atoms with van der Waals surface area (Å²) in [7, 11) is 3.65. The topological polar surface area (TPSA) is 34.1 Å². The Kier molecular flexibility index (Phi) is 15.3. The molecule has 0 aliphatic rings. The van der Waals surface area contributed by atoms with E-state index in [1.54, 1.807) is 0 Å². The molecule has 0 amide bonds. The lowest BCUT2D eigenvalue weighted by Gasteiger charge is -2.41. The monoisotopic (exact) mass is 400 g/mol. The van der Waals surface area contributed by atoms with Crippen LogP contribution in [-0.2, 0) is 9.13 Å². The van der Waals surface area contributed by atoms with E-state index in [2.05, 4.69) is 26.0 Å². The molecule has 0 bridgehead atoms. The summed E-state index contributed by atoms with van der Waals surface area (Å²) in [5, 5.41) is -0.596. The van der Waals surface area contributed by atoms with E-state index in [0.29, 0.717) is 4.48 Å². The molecular formula is C23H47NO2P+. The molecule has 0 rings (SSSR count). The van der Waals surface area contributed by atoms with Crippen molar-refractivity contribution in [1.82, 2.24) is 0 Å². The van der Waals surface area contributed by atoms with Crippen molar-refractivity contribution in [3.63, 3.8) is 0 Å². The van der Waals surface area contributed by atoms with Crippen LogP contribution in [0.3, 0.4) is 0 Å². The highest BCUT2D eigenvalue weighted by Gasteiger charge is 2.47. The van der Waals surface area contributed by atoms with E-state index in [0.717, 1.165) is 32.1 Å². The maximum Gasteiger partial charge on any atom is 0.378 e. The van der Waals surface area contributed by atoms with Gasteiger partial charge in [0, 0.05) is 12.8 Å². The Balaban J connectivity index is 3.90. The number of nitrogens with zero attached hydrogens (tertiary/aromatic N) is 1. The Morgan fingerprint density at radius 3 is 1.59 bits per heavy atom. The SMILES string of the molecule is CCCCCCCCC=CCCCCCCC(CCC)(P(=O)=O)[N+](C)(C)C. The minimum absolute atomic E-state index is 0.515. The zero-order chi connectivity index (χ0) is 20.6. The molecule has 1 atom stereocenters. The van der Waals surface area contributed by atoms with Crippen LogP contribution < -0.4 is 0 Å². The Bertz CT molecular complexity index is 444. The van der Waals surface area contributed by atoms with E-state index >= 15 is 0 Å². The molecule has 0 heterocycles. The Labute approximate surface area is 170 Å². The van der Waals surface area contributed by atoms with Crippen molar-refractivity contribution in [2.45, 2.75) is 115 Å². The molecule has 0 saturated carbocycles. The molecule has 1 unspecified atom stereocenters. The first-order chi connectivity index (χ1) is 12.8. The van der Waals surface area contributed by atoms with Crippen LogP contribution in [0.2, 0.25) is 0 Å². The Morgan fingerprint density at radius 2 is 1.15 bits per heavy atom. The summed E-state index contributed by atoms with van der Waals surface area (Å²) in [4.78, 5) is 0. The maximum absolute atomic E-state index is 12.0. The fraction of sp³-hybridized carbons (Fsp3) is 0.913. The molecular weight excluding hydrogens is 353 g/mol. The summed E-state index contributed by atoms with van der Waals surface area (Å²) < 4.78 is 24.6. The van der Waals surface area contributed by atoms with E-state index in [1.807, 2.05) is 21.1 Å². The van der Waals surface area contributed by atoms with Crippen molar-refractivity contribution >= 4 is 7.68 Å². The van der Waals surface area contributed by atoms with Crippen LogP contribution in [0.1, 0.15) is 110 Å². The molecule has 0 aliphatic heterocycles. The zero-order valence-corrected chi connectivity index (χ0v) is 19.9. The molecule has 0 spiro atoms. The average Bonchev–Trinajstić information content (AvgIpc) is 2.59. The Morgan fingerprint density at radius 1 is 0.667 bits per heavy atom. The molecule has 0 N–H and O–H groups in total. The first-order valence-electron chi connectivity index (χ1n) is 11.4. The largest absolute Gasteiger partial charge is 0.378 e. The molecule has 0 aliphatic carbocycles. The van der Waals surface area contributed by atoms with Crippen molar-refractivity contribution in [3.05, 3.63) is 12.2 Å². The van der Waals surface area contributed by atoms with Gasteiger partial charge in [-0.1, -0.05) is 70.9 Å². The fourth-order valence-corrected chi connectivity index (χ4v) is 5.16. The van der Waals surface area contributed by atoms with Gasteiger partial charge in [-0.2, -0.15) is 0 Å². The van der Waals surface area contributed by atoms with Crippen LogP contribution in [0.4, 0.5) is 0 Å².